The van der Waals surface area contributed by atoms with Crippen molar-refractivity contribution >= 4 is 0 Å². The van der Waals surface area contributed by atoms with Gasteiger partial charge in [-0.25, -0.2) is 0 Å². The van der Waals surface area contributed by atoms with E-state index in [1.54, 1.807) is 0 Å². The molecule has 1 N–H and O–H groups in total. The average molecular weight is 226 g/mol. The first-order valence-electron chi connectivity index (χ1n) is 5.04. The number of likely N-dealkylation sites (N-methyl/N-ethyl adjacent to an activating group) is 1. The molecule has 1 heterocycles. The third-order valence-corrected chi connectivity index (χ3v) is 2.45. The number of alkyl halides is 3. The second kappa shape index (κ2) is 5.67. The Hall–Kier alpha value is -0.330. The Balaban J connectivity index is 1.92. The Labute approximate surface area is 87.6 Å². The Morgan fingerprint density at radius 2 is 2.07 bits per heavy atom. The average Bonchev–Trinajstić information content (AvgIpc) is 1.97. The predicted molar refractivity (Wildman–Crippen MR) is 50.8 cm³/mol. The molecule has 0 aromatic carbocycles. The van der Waals surface area contributed by atoms with Gasteiger partial charge in [0.05, 0.1) is 0 Å². The molecule has 3 nitrogen and oxygen atoms in total. The maximum absolute atomic E-state index is 11.7. The summed E-state index contributed by atoms with van der Waals surface area (Å²) in [5.74, 6) is 0. The Morgan fingerprint density at radius 3 is 2.53 bits per heavy atom. The van der Waals surface area contributed by atoms with E-state index < -0.39 is 12.8 Å². The molecule has 0 aromatic heterocycles. The van der Waals surface area contributed by atoms with E-state index in [-0.39, 0.29) is 6.61 Å². The highest BCUT2D eigenvalue weighted by Gasteiger charge is 2.27. The molecule has 0 amide bonds. The summed E-state index contributed by atoms with van der Waals surface area (Å²) in [6.45, 7) is 1.76. The number of ether oxygens (including phenoxy) is 1. The van der Waals surface area contributed by atoms with Crippen LogP contribution in [0.3, 0.4) is 0 Å². The van der Waals surface area contributed by atoms with Gasteiger partial charge in [-0.15, -0.1) is 0 Å². The first-order valence-corrected chi connectivity index (χ1v) is 5.04. The van der Waals surface area contributed by atoms with Crippen molar-refractivity contribution in [3.05, 3.63) is 0 Å². The van der Waals surface area contributed by atoms with Crippen molar-refractivity contribution in [2.75, 3.05) is 39.9 Å². The van der Waals surface area contributed by atoms with Gasteiger partial charge in [0.1, 0.15) is 6.61 Å². The molecular formula is C9H17F3N2O. The van der Waals surface area contributed by atoms with Crippen molar-refractivity contribution in [2.45, 2.75) is 18.6 Å². The van der Waals surface area contributed by atoms with Crippen LogP contribution in [0, 0.1) is 0 Å². The SMILES string of the molecule is CN(CCCOCC(F)(F)F)C1CNC1. The zero-order chi connectivity index (χ0) is 11.3. The second-order valence-corrected chi connectivity index (χ2v) is 3.81. The summed E-state index contributed by atoms with van der Waals surface area (Å²) in [6, 6.07) is 0.535. The Kier molecular flexibility index (Phi) is 4.82. The minimum Gasteiger partial charge on any atom is -0.372 e. The number of halogens is 3. The molecule has 1 aliphatic heterocycles. The maximum atomic E-state index is 11.7. The lowest BCUT2D eigenvalue weighted by atomic mass is 10.1. The van der Waals surface area contributed by atoms with Crippen LogP contribution in [-0.4, -0.2) is 57.0 Å². The van der Waals surface area contributed by atoms with Gasteiger partial charge in [0, 0.05) is 32.3 Å². The van der Waals surface area contributed by atoms with Gasteiger partial charge >= 0.3 is 6.18 Å². The fraction of sp³-hybridized carbons (Fsp3) is 1.00. The van der Waals surface area contributed by atoms with Crippen molar-refractivity contribution in [3.63, 3.8) is 0 Å². The molecule has 0 radical (unpaired) electrons. The molecule has 0 unspecified atom stereocenters. The summed E-state index contributed by atoms with van der Waals surface area (Å²) >= 11 is 0. The summed E-state index contributed by atoms with van der Waals surface area (Å²) in [4.78, 5) is 2.15. The first-order chi connectivity index (χ1) is 6.99. The molecule has 0 aromatic rings. The molecule has 15 heavy (non-hydrogen) atoms. The van der Waals surface area contributed by atoms with Gasteiger partial charge in [0.25, 0.3) is 0 Å². The lowest BCUT2D eigenvalue weighted by Gasteiger charge is -2.35. The van der Waals surface area contributed by atoms with Crippen LogP contribution in [0.2, 0.25) is 0 Å². The van der Waals surface area contributed by atoms with Crippen LogP contribution in [0.1, 0.15) is 6.42 Å². The van der Waals surface area contributed by atoms with Crippen molar-refractivity contribution in [3.8, 4) is 0 Å². The quantitative estimate of drug-likeness (QED) is 0.680. The molecule has 0 saturated carbocycles. The van der Waals surface area contributed by atoms with Gasteiger partial charge in [-0.2, -0.15) is 13.2 Å². The largest absolute Gasteiger partial charge is 0.411 e. The topological polar surface area (TPSA) is 24.5 Å². The number of hydrogen-bond acceptors (Lipinski definition) is 3. The summed E-state index contributed by atoms with van der Waals surface area (Å²) in [6.07, 6.45) is -3.56. The van der Waals surface area contributed by atoms with Gasteiger partial charge in [-0.1, -0.05) is 0 Å². The molecule has 0 spiro atoms. The van der Waals surface area contributed by atoms with E-state index in [2.05, 4.69) is 15.0 Å². The standard InChI is InChI=1S/C9H17F3N2O/c1-14(8-5-13-6-8)3-2-4-15-7-9(10,11)12/h8,13H,2-7H2,1H3. The lowest BCUT2D eigenvalue weighted by molar-refractivity contribution is -0.174. The first kappa shape index (κ1) is 12.7. The number of rotatable bonds is 6. The van der Waals surface area contributed by atoms with Gasteiger partial charge in [0.15, 0.2) is 0 Å². The van der Waals surface area contributed by atoms with Crippen molar-refractivity contribution < 1.29 is 17.9 Å². The third-order valence-electron chi connectivity index (χ3n) is 2.45. The zero-order valence-electron chi connectivity index (χ0n) is 8.81. The fourth-order valence-corrected chi connectivity index (χ4v) is 1.37. The van der Waals surface area contributed by atoms with E-state index in [1.165, 1.54) is 0 Å². The predicted octanol–water partition coefficient (Wildman–Crippen LogP) is 0.859. The molecule has 6 heteroatoms. The summed E-state index contributed by atoms with van der Waals surface area (Å²) < 4.78 is 39.6. The molecule has 1 aliphatic rings. The van der Waals surface area contributed by atoms with Crippen molar-refractivity contribution in [2.24, 2.45) is 0 Å². The lowest BCUT2D eigenvalue weighted by Crippen LogP contribution is -2.56. The molecule has 1 rings (SSSR count). The summed E-state index contributed by atoms with van der Waals surface area (Å²) in [7, 11) is 1.98. The van der Waals surface area contributed by atoms with Crippen molar-refractivity contribution in [1.29, 1.82) is 0 Å². The van der Waals surface area contributed by atoms with E-state index in [4.69, 9.17) is 0 Å². The third kappa shape index (κ3) is 5.34. The maximum Gasteiger partial charge on any atom is 0.411 e. The van der Waals surface area contributed by atoms with Crippen LogP contribution in [0.4, 0.5) is 13.2 Å². The highest BCUT2D eigenvalue weighted by Crippen LogP contribution is 2.14. The highest BCUT2D eigenvalue weighted by atomic mass is 19.4. The smallest absolute Gasteiger partial charge is 0.372 e. The number of hydrogen-bond donors (Lipinski definition) is 1. The second-order valence-electron chi connectivity index (χ2n) is 3.81. The molecule has 0 atom stereocenters. The van der Waals surface area contributed by atoms with Crippen LogP contribution in [0.25, 0.3) is 0 Å². The molecule has 1 fully saturated rings. The van der Waals surface area contributed by atoms with E-state index in [0.717, 1.165) is 19.6 Å². The minimum atomic E-state index is -4.20. The van der Waals surface area contributed by atoms with E-state index in [1.807, 2.05) is 7.05 Å². The molecule has 0 bridgehead atoms. The number of nitrogens with zero attached hydrogens (tertiary/aromatic N) is 1. The van der Waals surface area contributed by atoms with Crippen LogP contribution >= 0.6 is 0 Å². The highest BCUT2D eigenvalue weighted by molar-refractivity contribution is 4.82. The monoisotopic (exact) mass is 226 g/mol. The summed E-state index contributed by atoms with van der Waals surface area (Å²) in [5, 5.41) is 3.14. The van der Waals surface area contributed by atoms with Crippen molar-refractivity contribution in [1.82, 2.24) is 10.2 Å². The van der Waals surface area contributed by atoms with Gasteiger partial charge in [0.2, 0.25) is 0 Å². The molecule has 90 valence electrons. The zero-order valence-corrected chi connectivity index (χ0v) is 8.81. The van der Waals surface area contributed by atoms with E-state index in [0.29, 0.717) is 12.5 Å². The molecular weight excluding hydrogens is 209 g/mol. The van der Waals surface area contributed by atoms with Crippen LogP contribution in [0.5, 0.6) is 0 Å². The van der Waals surface area contributed by atoms with E-state index >= 15 is 0 Å². The molecule has 1 saturated heterocycles. The summed E-state index contributed by atoms with van der Waals surface area (Å²) in [5.41, 5.74) is 0. The van der Waals surface area contributed by atoms with Gasteiger partial charge in [-0.05, 0) is 13.5 Å². The fourth-order valence-electron chi connectivity index (χ4n) is 1.37. The number of nitrogens with one attached hydrogen (secondary N) is 1. The molecule has 0 aliphatic carbocycles. The van der Waals surface area contributed by atoms with Crippen LogP contribution in [-0.2, 0) is 4.74 Å². The van der Waals surface area contributed by atoms with Crippen LogP contribution in [0.15, 0.2) is 0 Å². The van der Waals surface area contributed by atoms with Gasteiger partial charge in [-0.3, -0.25) is 0 Å². The Bertz CT molecular complexity index is 183. The van der Waals surface area contributed by atoms with Crippen LogP contribution < -0.4 is 5.32 Å². The van der Waals surface area contributed by atoms with E-state index in [9.17, 15) is 13.2 Å². The normalized spacial score (nSPS) is 18.2. The van der Waals surface area contributed by atoms with Gasteiger partial charge < -0.3 is 15.0 Å². The minimum absolute atomic E-state index is 0.171. The Morgan fingerprint density at radius 1 is 1.40 bits per heavy atom.